The SMILES string of the molecule is COC(=O)CC1=NC(=O)c2ccccc21. The molecule has 0 radical (unpaired) electrons. The number of ether oxygens (including phenoxy) is 1. The van der Waals surface area contributed by atoms with E-state index in [-0.39, 0.29) is 12.3 Å². The second kappa shape index (κ2) is 3.65. The third-order valence-electron chi connectivity index (χ3n) is 2.24. The van der Waals surface area contributed by atoms with Gasteiger partial charge in [0, 0.05) is 5.56 Å². The van der Waals surface area contributed by atoms with Gasteiger partial charge in [-0.05, 0) is 6.07 Å². The van der Waals surface area contributed by atoms with Crippen molar-refractivity contribution in [3.05, 3.63) is 35.4 Å². The molecule has 1 aliphatic heterocycles. The lowest BCUT2D eigenvalue weighted by Gasteiger charge is -2.00. The summed E-state index contributed by atoms with van der Waals surface area (Å²) in [6.45, 7) is 0. The van der Waals surface area contributed by atoms with Gasteiger partial charge in [-0.2, -0.15) is 0 Å². The molecule has 0 fully saturated rings. The molecule has 0 spiro atoms. The molecule has 0 aliphatic carbocycles. The standard InChI is InChI=1S/C11H9NO3/c1-15-10(13)6-9-7-4-2-3-5-8(7)11(14)12-9/h2-5H,6H2,1H3. The smallest absolute Gasteiger partial charge is 0.311 e. The second-order valence-corrected chi connectivity index (χ2v) is 3.16. The van der Waals surface area contributed by atoms with Gasteiger partial charge in [0.25, 0.3) is 5.91 Å². The van der Waals surface area contributed by atoms with Crippen molar-refractivity contribution >= 4 is 17.6 Å². The molecule has 0 bridgehead atoms. The zero-order valence-corrected chi connectivity index (χ0v) is 8.19. The molecule has 76 valence electrons. The van der Waals surface area contributed by atoms with E-state index in [1.54, 1.807) is 18.2 Å². The molecule has 0 aromatic heterocycles. The molecule has 1 aliphatic rings. The number of nitrogens with zero attached hydrogens (tertiary/aromatic N) is 1. The van der Waals surface area contributed by atoms with Gasteiger partial charge in [-0.1, -0.05) is 18.2 Å². The highest BCUT2D eigenvalue weighted by atomic mass is 16.5. The van der Waals surface area contributed by atoms with Gasteiger partial charge < -0.3 is 4.74 Å². The Balaban J connectivity index is 2.33. The molecular formula is C11H9NO3. The lowest BCUT2D eigenvalue weighted by Crippen LogP contribution is -2.09. The van der Waals surface area contributed by atoms with Gasteiger partial charge in [0.05, 0.1) is 24.8 Å². The van der Waals surface area contributed by atoms with Crippen molar-refractivity contribution in [2.24, 2.45) is 4.99 Å². The number of carbonyl (C=O) groups excluding carboxylic acids is 2. The first-order valence-corrected chi connectivity index (χ1v) is 4.50. The fraction of sp³-hybridized carbons (Fsp3) is 0.182. The van der Waals surface area contributed by atoms with Crippen molar-refractivity contribution in [2.45, 2.75) is 6.42 Å². The van der Waals surface area contributed by atoms with E-state index in [4.69, 9.17) is 0 Å². The molecular weight excluding hydrogens is 194 g/mol. The Labute approximate surface area is 86.6 Å². The van der Waals surface area contributed by atoms with E-state index < -0.39 is 5.97 Å². The van der Waals surface area contributed by atoms with Gasteiger partial charge in [0.1, 0.15) is 0 Å². The number of methoxy groups -OCH3 is 1. The fourth-order valence-electron chi connectivity index (χ4n) is 1.51. The van der Waals surface area contributed by atoms with Crippen LogP contribution in [0.25, 0.3) is 0 Å². The molecule has 4 heteroatoms. The van der Waals surface area contributed by atoms with Crippen LogP contribution < -0.4 is 0 Å². The average Bonchev–Trinajstić information content (AvgIpc) is 2.57. The largest absolute Gasteiger partial charge is 0.469 e. The molecule has 1 amide bonds. The monoisotopic (exact) mass is 203 g/mol. The summed E-state index contributed by atoms with van der Waals surface area (Å²) in [4.78, 5) is 26.3. The molecule has 15 heavy (non-hydrogen) atoms. The van der Waals surface area contributed by atoms with Crippen LogP contribution >= 0.6 is 0 Å². The molecule has 0 atom stereocenters. The van der Waals surface area contributed by atoms with Crippen molar-refractivity contribution in [1.82, 2.24) is 0 Å². The van der Waals surface area contributed by atoms with Crippen LogP contribution in [0.4, 0.5) is 0 Å². The molecule has 4 nitrogen and oxygen atoms in total. The van der Waals surface area contributed by atoms with Crippen LogP contribution in [-0.2, 0) is 9.53 Å². The minimum atomic E-state index is -0.391. The molecule has 0 saturated carbocycles. The van der Waals surface area contributed by atoms with Gasteiger partial charge in [-0.25, -0.2) is 4.99 Å². The van der Waals surface area contributed by atoms with Crippen molar-refractivity contribution in [1.29, 1.82) is 0 Å². The van der Waals surface area contributed by atoms with Crippen molar-refractivity contribution in [3.63, 3.8) is 0 Å². The molecule has 0 saturated heterocycles. The summed E-state index contributed by atoms with van der Waals surface area (Å²) in [5, 5.41) is 0. The van der Waals surface area contributed by atoms with Crippen molar-refractivity contribution in [3.8, 4) is 0 Å². The number of hydrogen-bond donors (Lipinski definition) is 0. The highest BCUT2D eigenvalue weighted by Crippen LogP contribution is 2.20. The number of benzene rings is 1. The Morgan fingerprint density at radius 2 is 2.00 bits per heavy atom. The predicted molar refractivity (Wildman–Crippen MR) is 53.9 cm³/mol. The summed E-state index contributed by atoms with van der Waals surface area (Å²) in [6.07, 6.45) is 0.0409. The maximum absolute atomic E-state index is 11.4. The molecule has 2 rings (SSSR count). The minimum Gasteiger partial charge on any atom is -0.469 e. The van der Waals surface area contributed by atoms with E-state index in [0.717, 1.165) is 5.56 Å². The van der Waals surface area contributed by atoms with Crippen LogP contribution in [-0.4, -0.2) is 24.7 Å². The summed E-state index contributed by atoms with van der Waals surface area (Å²) < 4.78 is 4.53. The number of hydrogen-bond acceptors (Lipinski definition) is 3. The average molecular weight is 203 g/mol. The molecule has 1 aromatic rings. The first-order chi connectivity index (χ1) is 7.22. The third-order valence-corrected chi connectivity index (χ3v) is 2.24. The van der Waals surface area contributed by atoms with Crippen LogP contribution in [0.3, 0.4) is 0 Å². The van der Waals surface area contributed by atoms with E-state index in [9.17, 15) is 9.59 Å². The topological polar surface area (TPSA) is 55.7 Å². The van der Waals surface area contributed by atoms with E-state index in [1.807, 2.05) is 6.07 Å². The van der Waals surface area contributed by atoms with Crippen LogP contribution in [0.15, 0.2) is 29.3 Å². The van der Waals surface area contributed by atoms with Gasteiger partial charge in [-0.3, -0.25) is 9.59 Å². The molecule has 1 heterocycles. The summed E-state index contributed by atoms with van der Waals surface area (Å²) in [5.74, 6) is -0.678. The van der Waals surface area contributed by atoms with Crippen LogP contribution in [0.5, 0.6) is 0 Å². The number of amides is 1. The van der Waals surface area contributed by atoms with E-state index >= 15 is 0 Å². The second-order valence-electron chi connectivity index (χ2n) is 3.16. The van der Waals surface area contributed by atoms with Crippen LogP contribution in [0.2, 0.25) is 0 Å². The highest BCUT2D eigenvalue weighted by molar-refractivity contribution is 6.24. The normalized spacial score (nSPS) is 13.4. The van der Waals surface area contributed by atoms with Crippen LogP contribution in [0.1, 0.15) is 22.3 Å². The summed E-state index contributed by atoms with van der Waals surface area (Å²) in [5.41, 5.74) is 1.77. The van der Waals surface area contributed by atoms with Gasteiger partial charge >= 0.3 is 5.97 Å². The molecule has 1 aromatic carbocycles. The van der Waals surface area contributed by atoms with Crippen molar-refractivity contribution < 1.29 is 14.3 Å². The maximum atomic E-state index is 11.4. The number of esters is 1. The number of aliphatic imine (C=N–C) groups is 1. The first-order valence-electron chi connectivity index (χ1n) is 4.50. The predicted octanol–water partition coefficient (Wildman–Crippen LogP) is 1.19. The minimum absolute atomic E-state index is 0.0409. The van der Waals surface area contributed by atoms with E-state index in [0.29, 0.717) is 11.3 Å². The third kappa shape index (κ3) is 1.66. The van der Waals surface area contributed by atoms with E-state index in [2.05, 4.69) is 9.73 Å². The highest BCUT2D eigenvalue weighted by Gasteiger charge is 2.23. The van der Waals surface area contributed by atoms with E-state index in [1.165, 1.54) is 7.11 Å². The van der Waals surface area contributed by atoms with Crippen molar-refractivity contribution in [2.75, 3.05) is 7.11 Å². The number of carbonyl (C=O) groups is 2. The summed E-state index contributed by atoms with van der Waals surface area (Å²) in [6, 6.07) is 7.06. The summed E-state index contributed by atoms with van der Waals surface area (Å²) >= 11 is 0. The Hall–Kier alpha value is -1.97. The zero-order valence-electron chi connectivity index (χ0n) is 8.19. The Morgan fingerprint density at radius 1 is 1.33 bits per heavy atom. The lowest BCUT2D eigenvalue weighted by atomic mass is 10.0. The quantitative estimate of drug-likeness (QED) is 0.678. The number of rotatable bonds is 2. The molecule has 0 N–H and O–H groups in total. The van der Waals surface area contributed by atoms with Gasteiger partial charge in [0.15, 0.2) is 0 Å². The molecule has 0 unspecified atom stereocenters. The maximum Gasteiger partial charge on any atom is 0.311 e. The number of fused-ring (bicyclic) bond motifs is 1. The first kappa shape index (κ1) is 9.58. The van der Waals surface area contributed by atoms with Gasteiger partial charge in [-0.15, -0.1) is 0 Å². The zero-order chi connectivity index (χ0) is 10.8. The van der Waals surface area contributed by atoms with Crippen LogP contribution in [0, 0.1) is 0 Å². The Morgan fingerprint density at radius 3 is 2.67 bits per heavy atom. The Kier molecular flexibility index (Phi) is 2.33. The lowest BCUT2D eigenvalue weighted by molar-refractivity contribution is -0.139. The fourth-order valence-corrected chi connectivity index (χ4v) is 1.51. The summed E-state index contributed by atoms with van der Waals surface area (Å²) in [7, 11) is 1.31. The Bertz CT molecular complexity index is 463. The van der Waals surface area contributed by atoms with Gasteiger partial charge in [0.2, 0.25) is 0 Å².